The summed E-state index contributed by atoms with van der Waals surface area (Å²) in [4.78, 5) is 4.21. The zero-order chi connectivity index (χ0) is 13.9. The molecule has 0 aliphatic carbocycles. The lowest BCUT2D eigenvalue weighted by Gasteiger charge is -2.12. The Bertz CT molecular complexity index is 737. The van der Waals surface area contributed by atoms with Crippen LogP contribution in [-0.2, 0) is 6.61 Å². The molecule has 3 aromatic rings. The maximum absolute atomic E-state index is 9.14. The summed E-state index contributed by atoms with van der Waals surface area (Å²) in [5.74, 6) is 1.81. The fourth-order valence-corrected chi connectivity index (χ4v) is 2.01. The Morgan fingerprint density at radius 3 is 2.90 bits per heavy atom. The third-order valence-electron chi connectivity index (χ3n) is 3.02. The zero-order valence-corrected chi connectivity index (χ0v) is 11.0. The van der Waals surface area contributed by atoms with Crippen LogP contribution in [0.4, 0.5) is 0 Å². The molecule has 0 atom stereocenters. The van der Waals surface area contributed by atoms with Crippen LogP contribution >= 0.6 is 0 Å². The second-order valence-corrected chi connectivity index (χ2v) is 4.26. The molecule has 0 aliphatic heterocycles. The van der Waals surface area contributed by atoms with Crippen molar-refractivity contribution in [3.63, 3.8) is 0 Å². The van der Waals surface area contributed by atoms with Crippen LogP contribution in [0.25, 0.3) is 5.65 Å². The lowest BCUT2D eigenvalue weighted by molar-refractivity contribution is 0.280. The molecular formula is C15H14N2O3. The number of aliphatic hydroxyl groups excluding tert-OH is 1. The van der Waals surface area contributed by atoms with Gasteiger partial charge >= 0.3 is 0 Å². The van der Waals surface area contributed by atoms with Gasteiger partial charge in [-0.15, -0.1) is 0 Å². The summed E-state index contributed by atoms with van der Waals surface area (Å²) in [6.07, 6.45) is 3.55. The number of fused-ring (bicyclic) bond motifs is 1. The predicted molar refractivity (Wildman–Crippen MR) is 74.2 cm³/mol. The average molecular weight is 270 g/mol. The molecule has 5 heteroatoms. The van der Waals surface area contributed by atoms with Crippen molar-refractivity contribution in [3.05, 3.63) is 54.4 Å². The van der Waals surface area contributed by atoms with E-state index in [0.717, 1.165) is 11.2 Å². The summed E-state index contributed by atoms with van der Waals surface area (Å²) in [5, 5.41) is 9.14. The van der Waals surface area contributed by atoms with E-state index in [1.54, 1.807) is 31.5 Å². The van der Waals surface area contributed by atoms with E-state index in [2.05, 4.69) is 4.98 Å². The van der Waals surface area contributed by atoms with Gasteiger partial charge in [0.1, 0.15) is 5.65 Å². The molecule has 2 heterocycles. The second kappa shape index (κ2) is 5.22. The Kier molecular flexibility index (Phi) is 3.26. The average Bonchev–Trinajstić information content (AvgIpc) is 2.97. The summed E-state index contributed by atoms with van der Waals surface area (Å²) in [6, 6.07) is 11.0. The van der Waals surface area contributed by atoms with E-state index >= 15 is 0 Å². The number of hydrogen-bond donors (Lipinski definition) is 1. The highest BCUT2D eigenvalue weighted by Crippen LogP contribution is 2.32. The maximum atomic E-state index is 9.14. The van der Waals surface area contributed by atoms with Crippen LogP contribution in [0.3, 0.4) is 0 Å². The van der Waals surface area contributed by atoms with E-state index in [-0.39, 0.29) is 6.61 Å². The standard InChI is InChI=1S/C15H14N2O3/c1-19-13-9-11(10-18)5-6-12(13)20-15-4-2-3-14-16-7-8-17(14)15/h2-9,18H,10H2,1H3. The number of aliphatic hydroxyl groups is 1. The van der Waals surface area contributed by atoms with Crippen LogP contribution in [0.2, 0.25) is 0 Å². The third-order valence-corrected chi connectivity index (χ3v) is 3.02. The number of methoxy groups -OCH3 is 1. The fourth-order valence-electron chi connectivity index (χ4n) is 2.01. The first-order valence-corrected chi connectivity index (χ1v) is 6.19. The van der Waals surface area contributed by atoms with E-state index in [1.165, 1.54) is 0 Å². The molecular weight excluding hydrogens is 256 g/mol. The molecule has 0 saturated heterocycles. The van der Waals surface area contributed by atoms with Crippen molar-refractivity contribution in [2.45, 2.75) is 6.61 Å². The first-order chi connectivity index (χ1) is 9.81. The van der Waals surface area contributed by atoms with Crippen LogP contribution < -0.4 is 9.47 Å². The van der Waals surface area contributed by atoms with Crippen molar-refractivity contribution in [2.24, 2.45) is 0 Å². The number of hydrogen-bond acceptors (Lipinski definition) is 4. The molecule has 1 N–H and O–H groups in total. The van der Waals surface area contributed by atoms with Gasteiger partial charge in [-0.3, -0.25) is 4.40 Å². The minimum absolute atomic E-state index is 0.0340. The van der Waals surface area contributed by atoms with Crippen LogP contribution in [0.5, 0.6) is 17.4 Å². The maximum Gasteiger partial charge on any atom is 0.205 e. The minimum atomic E-state index is -0.0340. The quantitative estimate of drug-likeness (QED) is 0.791. The molecule has 5 nitrogen and oxygen atoms in total. The van der Waals surface area contributed by atoms with E-state index < -0.39 is 0 Å². The highest BCUT2D eigenvalue weighted by Gasteiger charge is 2.09. The summed E-state index contributed by atoms with van der Waals surface area (Å²) < 4.78 is 13.0. The number of rotatable bonds is 4. The molecule has 0 aliphatic rings. The third kappa shape index (κ3) is 2.19. The van der Waals surface area contributed by atoms with Gasteiger partial charge in [-0.2, -0.15) is 0 Å². The molecule has 3 rings (SSSR count). The van der Waals surface area contributed by atoms with Crippen molar-refractivity contribution in [3.8, 4) is 17.4 Å². The lowest BCUT2D eigenvalue weighted by atomic mass is 10.2. The Hall–Kier alpha value is -2.53. The molecule has 0 spiro atoms. The van der Waals surface area contributed by atoms with Crippen molar-refractivity contribution < 1.29 is 14.6 Å². The van der Waals surface area contributed by atoms with Crippen molar-refractivity contribution in [2.75, 3.05) is 7.11 Å². The number of aromatic nitrogens is 2. The largest absolute Gasteiger partial charge is 0.493 e. The molecule has 0 radical (unpaired) electrons. The van der Waals surface area contributed by atoms with Gasteiger partial charge in [0.2, 0.25) is 5.88 Å². The van der Waals surface area contributed by atoms with Gasteiger partial charge in [0.15, 0.2) is 11.5 Å². The van der Waals surface area contributed by atoms with Gasteiger partial charge < -0.3 is 14.6 Å². The number of imidazole rings is 1. The predicted octanol–water partition coefficient (Wildman–Crippen LogP) is 2.63. The monoisotopic (exact) mass is 270 g/mol. The van der Waals surface area contributed by atoms with Gasteiger partial charge in [0.05, 0.1) is 13.7 Å². The normalized spacial score (nSPS) is 10.7. The highest BCUT2D eigenvalue weighted by atomic mass is 16.5. The molecule has 0 amide bonds. The van der Waals surface area contributed by atoms with Crippen molar-refractivity contribution >= 4 is 5.65 Å². The molecule has 0 bridgehead atoms. The molecule has 20 heavy (non-hydrogen) atoms. The van der Waals surface area contributed by atoms with Crippen LogP contribution in [0, 0.1) is 0 Å². The molecule has 2 aromatic heterocycles. The highest BCUT2D eigenvalue weighted by molar-refractivity contribution is 5.47. The van der Waals surface area contributed by atoms with Crippen LogP contribution in [0.15, 0.2) is 48.8 Å². The summed E-state index contributed by atoms with van der Waals surface area (Å²) in [6.45, 7) is -0.0340. The van der Waals surface area contributed by atoms with Crippen LogP contribution in [0.1, 0.15) is 5.56 Å². The van der Waals surface area contributed by atoms with Gasteiger partial charge in [0, 0.05) is 12.4 Å². The van der Waals surface area contributed by atoms with Crippen LogP contribution in [-0.4, -0.2) is 21.6 Å². The number of pyridine rings is 1. The van der Waals surface area contributed by atoms with Gasteiger partial charge in [0.25, 0.3) is 0 Å². The number of ether oxygens (including phenoxy) is 2. The topological polar surface area (TPSA) is 56.0 Å². The van der Waals surface area contributed by atoms with Gasteiger partial charge in [-0.05, 0) is 29.8 Å². The van der Waals surface area contributed by atoms with E-state index in [4.69, 9.17) is 14.6 Å². The summed E-state index contributed by atoms with van der Waals surface area (Å²) in [7, 11) is 1.57. The first-order valence-electron chi connectivity index (χ1n) is 6.19. The molecule has 0 saturated carbocycles. The Morgan fingerprint density at radius 2 is 2.10 bits per heavy atom. The van der Waals surface area contributed by atoms with E-state index in [9.17, 15) is 0 Å². The van der Waals surface area contributed by atoms with E-state index in [1.807, 2.05) is 28.8 Å². The lowest BCUT2D eigenvalue weighted by Crippen LogP contribution is -1.96. The molecule has 0 unspecified atom stereocenters. The molecule has 1 aromatic carbocycles. The molecule has 0 fully saturated rings. The Labute approximate surface area is 116 Å². The van der Waals surface area contributed by atoms with Crippen molar-refractivity contribution in [1.29, 1.82) is 0 Å². The summed E-state index contributed by atoms with van der Waals surface area (Å²) >= 11 is 0. The second-order valence-electron chi connectivity index (χ2n) is 4.26. The SMILES string of the molecule is COc1cc(CO)ccc1Oc1cccc2nccn12. The number of benzene rings is 1. The smallest absolute Gasteiger partial charge is 0.205 e. The zero-order valence-electron chi connectivity index (χ0n) is 11.0. The molecule has 102 valence electrons. The fraction of sp³-hybridized carbons (Fsp3) is 0.133. The van der Waals surface area contributed by atoms with Gasteiger partial charge in [-0.1, -0.05) is 12.1 Å². The van der Waals surface area contributed by atoms with Crippen molar-refractivity contribution in [1.82, 2.24) is 9.38 Å². The Balaban J connectivity index is 2.00. The van der Waals surface area contributed by atoms with E-state index in [0.29, 0.717) is 17.4 Å². The van der Waals surface area contributed by atoms with Gasteiger partial charge in [-0.25, -0.2) is 4.98 Å². The summed E-state index contributed by atoms with van der Waals surface area (Å²) in [5.41, 5.74) is 1.59. The number of nitrogens with zero attached hydrogens (tertiary/aromatic N) is 2. The Morgan fingerprint density at radius 1 is 1.20 bits per heavy atom. The minimum Gasteiger partial charge on any atom is -0.493 e. The first kappa shape index (κ1) is 12.5.